The highest BCUT2D eigenvalue weighted by Crippen LogP contribution is 2.49. The quantitative estimate of drug-likeness (QED) is 0.800. The lowest BCUT2D eigenvalue weighted by Crippen LogP contribution is -2.42. The van der Waals surface area contributed by atoms with Crippen molar-refractivity contribution in [1.82, 2.24) is 5.06 Å². The second kappa shape index (κ2) is 4.56. The molecule has 0 aliphatic carbocycles. The van der Waals surface area contributed by atoms with Gasteiger partial charge < -0.3 is 14.7 Å². The van der Waals surface area contributed by atoms with Gasteiger partial charge in [-0.05, 0) is 57.0 Å². The Morgan fingerprint density at radius 1 is 1.14 bits per heavy atom. The van der Waals surface area contributed by atoms with E-state index in [0.29, 0.717) is 11.1 Å². The smallest absolute Gasteiger partial charge is 0.134 e. The number of benzene rings is 1. The summed E-state index contributed by atoms with van der Waals surface area (Å²) in [6, 6.07) is 5.90. The Kier molecular flexibility index (Phi) is 3.26. The van der Waals surface area contributed by atoms with Crippen LogP contribution in [0.2, 0.25) is 0 Å². The molecular formula is C16H20BrNO3. The molecule has 4 nitrogen and oxygen atoms in total. The van der Waals surface area contributed by atoms with Crippen LogP contribution in [-0.2, 0) is 11.1 Å². The minimum Gasteiger partial charge on any atom is -0.458 e. The second-order valence-corrected chi connectivity index (χ2v) is 7.33. The van der Waals surface area contributed by atoms with Crippen LogP contribution in [0.15, 0.2) is 22.6 Å². The molecule has 2 heterocycles. The molecule has 1 atom stereocenters. The average molecular weight is 354 g/mol. The first-order chi connectivity index (χ1) is 9.69. The summed E-state index contributed by atoms with van der Waals surface area (Å²) in [6.07, 6.45) is -0.650. The Labute approximate surface area is 132 Å². The third-order valence-electron chi connectivity index (χ3n) is 4.53. The number of fused-ring (bicyclic) bond motifs is 2. The number of hydroxylamine groups is 2. The summed E-state index contributed by atoms with van der Waals surface area (Å²) in [7, 11) is 0. The number of rotatable bonds is 2. The SMILES string of the molecule is CC1(C)c2cc3cc(C(O)CBr)oc3cc2C(C)(C)N1O. The molecule has 5 heteroatoms. The normalized spacial score (nSPS) is 21.7. The number of alkyl halides is 1. The lowest BCUT2D eigenvalue weighted by molar-refractivity contribution is -0.216. The van der Waals surface area contributed by atoms with Crippen LogP contribution in [0.4, 0.5) is 0 Å². The first-order valence-corrected chi connectivity index (χ1v) is 8.13. The molecule has 1 aliphatic rings. The van der Waals surface area contributed by atoms with Gasteiger partial charge >= 0.3 is 0 Å². The number of furan rings is 1. The zero-order valence-corrected chi connectivity index (χ0v) is 14.2. The molecular weight excluding hydrogens is 334 g/mol. The Morgan fingerprint density at radius 2 is 1.71 bits per heavy atom. The van der Waals surface area contributed by atoms with Crippen LogP contribution in [0.25, 0.3) is 11.0 Å². The van der Waals surface area contributed by atoms with Crippen LogP contribution >= 0.6 is 15.9 Å². The van der Waals surface area contributed by atoms with Gasteiger partial charge in [-0.1, -0.05) is 15.9 Å². The van der Waals surface area contributed by atoms with E-state index in [1.807, 2.05) is 39.8 Å². The number of hydrogen-bond donors (Lipinski definition) is 2. The zero-order chi connectivity index (χ0) is 15.6. The van der Waals surface area contributed by atoms with Crippen molar-refractivity contribution in [2.45, 2.75) is 44.9 Å². The summed E-state index contributed by atoms with van der Waals surface area (Å²) in [4.78, 5) is 0. The maximum Gasteiger partial charge on any atom is 0.134 e. The van der Waals surface area contributed by atoms with E-state index >= 15 is 0 Å². The van der Waals surface area contributed by atoms with Crippen molar-refractivity contribution in [3.63, 3.8) is 0 Å². The van der Waals surface area contributed by atoms with Crippen molar-refractivity contribution in [3.05, 3.63) is 35.1 Å². The van der Waals surface area contributed by atoms with E-state index in [1.165, 1.54) is 5.06 Å². The minimum absolute atomic E-state index is 0.438. The fraction of sp³-hybridized carbons (Fsp3) is 0.500. The van der Waals surface area contributed by atoms with Crippen molar-refractivity contribution in [2.24, 2.45) is 0 Å². The van der Waals surface area contributed by atoms with Gasteiger partial charge in [0, 0.05) is 10.7 Å². The van der Waals surface area contributed by atoms with Crippen molar-refractivity contribution in [3.8, 4) is 0 Å². The standard InChI is InChI=1S/C16H20BrNO3/c1-15(2)10-5-9-6-14(12(19)8-17)21-13(9)7-11(10)16(3,4)18(15)20/h5-7,12,19-20H,8H2,1-4H3. The Balaban J connectivity index is 2.23. The molecule has 1 aromatic heterocycles. The third kappa shape index (κ3) is 1.99. The molecule has 21 heavy (non-hydrogen) atoms. The van der Waals surface area contributed by atoms with Gasteiger partial charge in [-0.25, -0.2) is 0 Å². The molecule has 0 saturated heterocycles. The summed E-state index contributed by atoms with van der Waals surface area (Å²) in [5.74, 6) is 0.557. The van der Waals surface area contributed by atoms with E-state index in [-0.39, 0.29) is 0 Å². The van der Waals surface area contributed by atoms with Gasteiger partial charge in [0.05, 0.1) is 11.1 Å². The third-order valence-corrected chi connectivity index (χ3v) is 5.14. The Bertz CT molecular complexity index is 652. The molecule has 1 aromatic carbocycles. The van der Waals surface area contributed by atoms with Crippen LogP contribution in [0.3, 0.4) is 0 Å². The zero-order valence-electron chi connectivity index (χ0n) is 12.6. The van der Waals surface area contributed by atoms with Gasteiger partial charge in [0.15, 0.2) is 0 Å². The summed E-state index contributed by atoms with van der Waals surface area (Å²) in [5, 5.41) is 23.2. The topological polar surface area (TPSA) is 56.8 Å². The first kappa shape index (κ1) is 15.0. The van der Waals surface area contributed by atoms with Gasteiger partial charge in [-0.3, -0.25) is 0 Å². The summed E-state index contributed by atoms with van der Waals surface area (Å²) < 4.78 is 5.76. The van der Waals surface area contributed by atoms with Crippen LogP contribution in [0.5, 0.6) is 0 Å². The van der Waals surface area contributed by atoms with Gasteiger partial charge in [0.25, 0.3) is 0 Å². The Morgan fingerprint density at radius 3 is 2.29 bits per heavy atom. The fourth-order valence-corrected chi connectivity index (χ4v) is 3.61. The van der Waals surface area contributed by atoms with Crippen molar-refractivity contribution in [1.29, 1.82) is 0 Å². The number of hydrogen-bond acceptors (Lipinski definition) is 4. The van der Waals surface area contributed by atoms with Crippen LogP contribution in [0.1, 0.15) is 50.7 Å². The first-order valence-electron chi connectivity index (χ1n) is 7.01. The van der Waals surface area contributed by atoms with Crippen molar-refractivity contribution >= 4 is 26.9 Å². The van der Waals surface area contributed by atoms with Gasteiger partial charge in [0.1, 0.15) is 17.4 Å². The summed E-state index contributed by atoms with van der Waals surface area (Å²) >= 11 is 3.26. The maximum absolute atomic E-state index is 10.5. The molecule has 2 aromatic rings. The predicted molar refractivity (Wildman–Crippen MR) is 84.6 cm³/mol. The highest BCUT2D eigenvalue weighted by atomic mass is 79.9. The molecule has 0 spiro atoms. The van der Waals surface area contributed by atoms with E-state index < -0.39 is 17.2 Å². The fourth-order valence-electron chi connectivity index (χ4n) is 3.29. The van der Waals surface area contributed by atoms with Crippen LogP contribution < -0.4 is 0 Å². The van der Waals surface area contributed by atoms with E-state index in [1.54, 1.807) is 0 Å². The molecule has 0 bridgehead atoms. The molecule has 1 aliphatic heterocycles. The monoisotopic (exact) mass is 353 g/mol. The molecule has 3 rings (SSSR count). The van der Waals surface area contributed by atoms with Crippen LogP contribution in [-0.4, -0.2) is 20.7 Å². The summed E-state index contributed by atoms with van der Waals surface area (Å²) in [6.45, 7) is 7.98. The van der Waals surface area contributed by atoms with Gasteiger partial charge in [0.2, 0.25) is 0 Å². The number of aliphatic hydroxyl groups excluding tert-OH is 1. The van der Waals surface area contributed by atoms with Gasteiger partial charge in [-0.15, -0.1) is 0 Å². The highest BCUT2D eigenvalue weighted by Gasteiger charge is 2.49. The van der Waals surface area contributed by atoms with Crippen LogP contribution in [0, 0.1) is 0 Å². The molecule has 2 N–H and O–H groups in total. The van der Waals surface area contributed by atoms with Gasteiger partial charge in [-0.2, -0.15) is 5.06 Å². The average Bonchev–Trinajstić information content (AvgIpc) is 2.91. The molecule has 0 saturated carbocycles. The summed E-state index contributed by atoms with van der Waals surface area (Å²) in [5.41, 5.74) is 1.94. The minimum atomic E-state index is -0.650. The molecule has 114 valence electrons. The molecule has 0 radical (unpaired) electrons. The largest absolute Gasteiger partial charge is 0.458 e. The van der Waals surface area contributed by atoms with E-state index in [4.69, 9.17) is 4.42 Å². The predicted octanol–water partition coefficient (Wildman–Crippen LogP) is 4.04. The van der Waals surface area contributed by atoms with E-state index in [2.05, 4.69) is 22.0 Å². The second-order valence-electron chi connectivity index (χ2n) is 6.68. The molecule has 0 fully saturated rings. The molecule has 1 unspecified atom stereocenters. The number of aliphatic hydroxyl groups is 1. The maximum atomic E-state index is 10.5. The number of halogens is 1. The van der Waals surface area contributed by atoms with Crippen molar-refractivity contribution < 1.29 is 14.7 Å². The lowest BCUT2D eigenvalue weighted by atomic mass is 9.89. The number of nitrogens with zero attached hydrogens (tertiary/aromatic N) is 1. The van der Waals surface area contributed by atoms with Crippen molar-refractivity contribution in [2.75, 3.05) is 5.33 Å². The Hall–Kier alpha value is -0.880. The van der Waals surface area contributed by atoms with E-state index in [0.717, 1.165) is 22.1 Å². The molecule has 0 amide bonds. The highest BCUT2D eigenvalue weighted by molar-refractivity contribution is 9.09. The lowest BCUT2D eigenvalue weighted by Gasteiger charge is -2.34. The van der Waals surface area contributed by atoms with E-state index in [9.17, 15) is 10.3 Å².